The number of carboxylic acid groups (broad SMARTS) is 2. The molecule has 0 radical (unpaired) electrons. The second kappa shape index (κ2) is 6.20. The number of carbonyl (C=O) groups is 2. The number of dihydropyridines is 1. The topological polar surface area (TPSA) is 156 Å². The molecule has 0 saturated carbocycles. The van der Waals surface area contributed by atoms with E-state index in [0.29, 0.717) is 0 Å². The van der Waals surface area contributed by atoms with Crippen molar-refractivity contribution in [3.8, 4) is 0 Å². The lowest BCUT2D eigenvalue weighted by molar-refractivity contribution is -0.384. The second-order valence-electron chi connectivity index (χ2n) is 5.00. The van der Waals surface area contributed by atoms with Gasteiger partial charge in [-0.2, -0.15) is 0 Å². The van der Waals surface area contributed by atoms with Gasteiger partial charge >= 0.3 is 11.9 Å². The minimum absolute atomic E-state index is 0.00870. The molecule has 126 valence electrons. The summed E-state index contributed by atoms with van der Waals surface area (Å²) in [6, 6.07) is 3.39. The predicted molar refractivity (Wildman–Crippen MR) is 83.2 cm³/mol. The van der Waals surface area contributed by atoms with Crippen molar-refractivity contribution in [2.45, 2.75) is 12.8 Å². The van der Waals surface area contributed by atoms with Crippen LogP contribution >= 0.6 is 11.6 Å². The van der Waals surface area contributed by atoms with Crippen LogP contribution in [0.1, 0.15) is 18.4 Å². The van der Waals surface area contributed by atoms with Crippen molar-refractivity contribution in [2.24, 2.45) is 5.73 Å². The fraction of sp³-hybridized carbons (Fsp3) is 0.143. The number of hydrogen-bond acceptors (Lipinski definition) is 6. The molecule has 10 heteroatoms. The van der Waals surface area contributed by atoms with Gasteiger partial charge in [0.25, 0.3) is 5.69 Å². The third-order valence-electron chi connectivity index (χ3n) is 3.56. The van der Waals surface area contributed by atoms with Crippen molar-refractivity contribution in [3.63, 3.8) is 0 Å². The Morgan fingerprint density at radius 3 is 2.38 bits per heavy atom. The maximum absolute atomic E-state index is 11.6. The number of benzene rings is 1. The molecule has 9 nitrogen and oxygen atoms in total. The molecule has 1 aliphatic rings. The first kappa shape index (κ1) is 17.3. The zero-order valence-electron chi connectivity index (χ0n) is 12.2. The molecule has 0 spiro atoms. The van der Waals surface area contributed by atoms with E-state index in [4.69, 9.17) is 17.3 Å². The minimum Gasteiger partial charge on any atom is -0.478 e. The molecule has 0 bridgehead atoms. The fourth-order valence-corrected chi connectivity index (χ4v) is 2.78. The van der Waals surface area contributed by atoms with Gasteiger partial charge in [0.1, 0.15) is 5.82 Å². The second-order valence-corrected chi connectivity index (χ2v) is 5.40. The summed E-state index contributed by atoms with van der Waals surface area (Å²) < 4.78 is 0. The molecule has 1 heterocycles. The predicted octanol–water partition coefficient (Wildman–Crippen LogP) is 1.55. The highest BCUT2D eigenvalue weighted by Gasteiger charge is 2.38. The van der Waals surface area contributed by atoms with Crippen LogP contribution in [-0.4, -0.2) is 27.1 Å². The number of nitro groups is 1. The quantitative estimate of drug-likeness (QED) is 0.469. The van der Waals surface area contributed by atoms with Crippen LogP contribution in [-0.2, 0) is 9.59 Å². The summed E-state index contributed by atoms with van der Waals surface area (Å²) in [5.74, 6) is -4.45. The van der Waals surface area contributed by atoms with Crippen LogP contribution in [0, 0.1) is 10.1 Å². The first-order valence-corrected chi connectivity index (χ1v) is 6.90. The molecule has 0 saturated heterocycles. The first-order chi connectivity index (χ1) is 11.1. The van der Waals surface area contributed by atoms with Gasteiger partial charge in [0.05, 0.1) is 22.0 Å². The Kier molecular flexibility index (Phi) is 4.47. The number of non-ortho nitro benzene ring substituents is 1. The van der Waals surface area contributed by atoms with E-state index < -0.39 is 28.4 Å². The molecule has 0 fully saturated rings. The van der Waals surface area contributed by atoms with Crippen molar-refractivity contribution in [1.29, 1.82) is 0 Å². The minimum atomic E-state index is -1.46. The molecule has 1 aromatic rings. The third kappa shape index (κ3) is 2.88. The largest absolute Gasteiger partial charge is 0.478 e. The van der Waals surface area contributed by atoms with E-state index in [1.165, 1.54) is 13.0 Å². The van der Waals surface area contributed by atoms with Crippen molar-refractivity contribution >= 4 is 29.2 Å². The molecule has 2 rings (SSSR count). The van der Waals surface area contributed by atoms with Gasteiger partial charge in [-0.3, -0.25) is 10.1 Å². The van der Waals surface area contributed by atoms with E-state index >= 15 is 0 Å². The SMILES string of the molecule is CC1=C(C(=O)O)C(c2cc([N+](=O)[O-])ccc2Cl)C(C(=O)O)=C(N)N1. The number of rotatable bonds is 4. The Balaban J connectivity index is 2.80. The van der Waals surface area contributed by atoms with E-state index in [-0.39, 0.29) is 33.4 Å². The Bertz CT molecular complexity index is 794. The highest BCUT2D eigenvalue weighted by molar-refractivity contribution is 6.31. The highest BCUT2D eigenvalue weighted by Crippen LogP contribution is 2.41. The molecule has 0 aromatic heterocycles. The van der Waals surface area contributed by atoms with E-state index in [9.17, 15) is 29.9 Å². The average Bonchev–Trinajstić information content (AvgIpc) is 2.45. The van der Waals surface area contributed by atoms with Gasteiger partial charge < -0.3 is 21.3 Å². The Morgan fingerprint density at radius 2 is 1.88 bits per heavy atom. The lowest BCUT2D eigenvalue weighted by Crippen LogP contribution is -2.35. The van der Waals surface area contributed by atoms with E-state index in [1.807, 2.05) is 0 Å². The number of nitrogens with one attached hydrogen (secondary N) is 1. The van der Waals surface area contributed by atoms with Gasteiger partial charge in [0.15, 0.2) is 0 Å². The van der Waals surface area contributed by atoms with E-state index in [0.717, 1.165) is 12.1 Å². The summed E-state index contributed by atoms with van der Waals surface area (Å²) >= 11 is 6.05. The maximum Gasteiger partial charge on any atom is 0.336 e. The molecule has 0 amide bonds. The summed E-state index contributed by atoms with van der Waals surface area (Å²) in [7, 11) is 0. The number of carboxylic acids is 2. The van der Waals surface area contributed by atoms with E-state index in [1.54, 1.807) is 0 Å². The summed E-state index contributed by atoms with van der Waals surface area (Å²) in [6.07, 6.45) is 0. The number of nitrogens with two attached hydrogens (primary N) is 1. The Hall–Kier alpha value is -3.07. The van der Waals surface area contributed by atoms with Crippen LogP contribution < -0.4 is 11.1 Å². The molecule has 1 aromatic carbocycles. The standard InChI is InChI=1S/C14H12ClN3O6/c1-5-9(13(19)20)10(11(14(21)22)12(16)17-5)7-4-6(18(23)24)2-3-8(7)15/h2-4,10,17H,16H2,1H3,(H,19,20)(H,21,22). The molecule has 0 aliphatic carbocycles. The molecular weight excluding hydrogens is 342 g/mol. The molecule has 1 aliphatic heterocycles. The number of nitrogens with zero attached hydrogens (tertiary/aromatic N) is 1. The molecule has 24 heavy (non-hydrogen) atoms. The van der Waals surface area contributed by atoms with Crippen LogP contribution in [0.25, 0.3) is 0 Å². The van der Waals surface area contributed by atoms with Gasteiger partial charge in [-0.1, -0.05) is 11.6 Å². The fourth-order valence-electron chi connectivity index (χ4n) is 2.55. The van der Waals surface area contributed by atoms with Crippen molar-refractivity contribution in [2.75, 3.05) is 0 Å². The zero-order valence-corrected chi connectivity index (χ0v) is 13.0. The number of nitro benzene ring substituents is 1. The molecule has 1 unspecified atom stereocenters. The smallest absolute Gasteiger partial charge is 0.336 e. The lowest BCUT2D eigenvalue weighted by Gasteiger charge is -2.28. The summed E-state index contributed by atoms with van der Waals surface area (Å²) in [4.78, 5) is 33.5. The van der Waals surface area contributed by atoms with Crippen LogP contribution in [0.15, 0.2) is 40.9 Å². The van der Waals surface area contributed by atoms with Gasteiger partial charge in [-0.05, 0) is 18.6 Å². The first-order valence-electron chi connectivity index (χ1n) is 6.53. The maximum atomic E-state index is 11.6. The van der Waals surface area contributed by atoms with Gasteiger partial charge in [-0.25, -0.2) is 9.59 Å². The van der Waals surface area contributed by atoms with Gasteiger partial charge in [0.2, 0.25) is 0 Å². The van der Waals surface area contributed by atoms with Crippen molar-refractivity contribution < 1.29 is 24.7 Å². The Labute approximate surface area is 140 Å². The molecule has 1 atom stereocenters. The third-order valence-corrected chi connectivity index (χ3v) is 3.90. The number of allylic oxidation sites excluding steroid dienone is 1. The number of hydrogen-bond donors (Lipinski definition) is 4. The Morgan fingerprint density at radius 1 is 1.29 bits per heavy atom. The number of halogens is 1. The lowest BCUT2D eigenvalue weighted by atomic mass is 9.81. The van der Waals surface area contributed by atoms with Crippen molar-refractivity contribution in [1.82, 2.24) is 5.32 Å². The van der Waals surface area contributed by atoms with Gasteiger partial charge in [0, 0.05) is 22.9 Å². The number of aliphatic carboxylic acids is 2. The van der Waals surface area contributed by atoms with Crippen LogP contribution in [0.3, 0.4) is 0 Å². The summed E-state index contributed by atoms with van der Waals surface area (Å²) in [5, 5.41) is 32.4. The summed E-state index contributed by atoms with van der Waals surface area (Å²) in [6.45, 7) is 1.41. The zero-order chi connectivity index (χ0) is 18.2. The molecular formula is C14H12ClN3O6. The van der Waals surface area contributed by atoms with Crippen LogP contribution in [0.4, 0.5) is 5.69 Å². The monoisotopic (exact) mass is 353 g/mol. The van der Waals surface area contributed by atoms with Gasteiger partial charge in [-0.15, -0.1) is 0 Å². The van der Waals surface area contributed by atoms with E-state index in [2.05, 4.69) is 5.32 Å². The van der Waals surface area contributed by atoms with Crippen molar-refractivity contribution in [3.05, 3.63) is 61.6 Å². The molecule has 5 N–H and O–H groups in total. The highest BCUT2D eigenvalue weighted by atomic mass is 35.5. The average molecular weight is 354 g/mol. The summed E-state index contributed by atoms with van der Waals surface area (Å²) in [5.41, 5.74) is 4.70. The normalized spacial score (nSPS) is 17.5. The van der Waals surface area contributed by atoms with Crippen LogP contribution in [0.5, 0.6) is 0 Å². The van der Waals surface area contributed by atoms with Crippen LogP contribution in [0.2, 0.25) is 5.02 Å².